The van der Waals surface area contributed by atoms with Gasteiger partial charge < -0.3 is 14.8 Å². The molecule has 0 saturated carbocycles. The fourth-order valence-corrected chi connectivity index (χ4v) is 1.16. The molecule has 0 aliphatic heterocycles. The van der Waals surface area contributed by atoms with Crippen molar-refractivity contribution in [1.29, 1.82) is 0 Å². The lowest BCUT2D eigenvalue weighted by Crippen LogP contribution is -2.33. The van der Waals surface area contributed by atoms with Gasteiger partial charge >= 0.3 is 5.97 Å². The first-order chi connectivity index (χ1) is 6.99. The molecule has 0 fully saturated rings. The van der Waals surface area contributed by atoms with Crippen molar-refractivity contribution in [1.82, 2.24) is 5.32 Å². The molecule has 0 radical (unpaired) electrons. The zero-order chi connectivity index (χ0) is 11.4. The second kappa shape index (κ2) is 4.63. The molecular formula is C10H13NO4. The van der Waals surface area contributed by atoms with Crippen LogP contribution in [0.2, 0.25) is 0 Å². The molecule has 1 atom stereocenters. The summed E-state index contributed by atoms with van der Waals surface area (Å²) in [5.74, 6) is -1.14. The number of aliphatic carboxylic acids is 1. The minimum atomic E-state index is -0.946. The summed E-state index contributed by atoms with van der Waals surface area (Å²) < 4.78 is 4.97. The van der Waals surface area contributed by atoms with Gasteiger partial charge in [0.25, 0.3) is 5.91 Å². The molecule has 0 spiro atoms. The molecule has 1 aromatic rings. The van der Waals surface area contributed by atoms with Gasteiger partial charge in [-0.3, -0.25) is 9.59 Å². The number of carbonyl (C=O) groups excluding carboxylic acids is 1. The Labute approximate surface area is 87.1 Å². The number of amides is 1. The average Bonchev–Trinajstić information content (AvgIpc) is 2.49. The van der Waals surface area contributed by atoms with Crippen LogP contribution in [0.15, 0.2) is 16.7 Å². The molecule has 1 unspecified atom stereocenters. The number of rotatable bonds is 4. The van der Waals surface area contributed by atoms with Gasteiger partial charge in [0.05, 0.1) is 12.7 Å². The summed E-state index contributed by atoms with van der Waals surface area (Å²) in [5.41, 5.74) is 0.853. The molecule has 1 amide bonds. The van der Waals surface area contributed by atoms with E-state index in [0.717, 1.165) is 5.56 Å². The van der Waals surface area contributed by atoms with Gasteiger partial charge in [-0.2, -0.15) is 0 Å². The standard InChI is InChI=1S/C10H13NO4/c1-6-3-8(15-5-6)10(14)11-7(2)4-9(12)13/h3,5,7H,4H2,1-2H3,(H,11,14)(H,12,13). The number of nitrogens with one attached hydrogen (secondary N) is 1. The van der Waals surface area contributed by atoms with Gasteiger partial charge in [0.15, 0.2) is 5.76 Å². The Bertz CT molecular complexity index is 369. The summed E-state index contributed by atoms with van der Waals surface area (Å²) in [6, 6.07) is 1.18. The van der Waals surface area contributed by atoms with Crippen LogP contribution in [-0.4, -0.2) is 23.0 Å². The van der Waals surface area contributed by atoms with Crippen LogP contribution in [0.4, 0.5) is 0 Å². The first kappa shape index (κ1) is 11.3. The van der Waals surface area contributed by atoms with Gasteiger partial charge in [0.1, 0.15) is 0 Å². The first-order valence-electron chi connectivity index (χ1n) is 4.57. The quantitative estimate of drug-likeness (QED) is 0.783. The summed E-state index contributed by atoms with van der Waals surface area (Å²) in [5, 5.41) is 11.0. The third-order valence-corrected chi connectivity index (χ3v) is 1.81. The van der Waals surface area contributed by atoms with Crippen LogP contribution in [0.1, 0.15) is 29.5 Å². The molecular weight excluding hydrogens is 198 g/mol. The van der Waals surface area contributed by atoms with Crippen LogP contribution >= 0.6 is 0 Å². The summed E-state index contributed by atoms with van der Waals surface area (Å²) in [7, 11) is 0. The molecule has 1 rings (SSSR count). The molecule has 0 aliphatic rings. The number of aryl methyl sites for hydroxylation is 1. The fourth-order valence-electron chi connectivity index (χ4n) is 1.16. The number of carbonyl (C=O) groups is 2. The van der Waals surface area contributed by atoms with Crippen molar-refractivity contribution in [2.75, 3.05) is 0 Å². The monoisotopic (exact) mass is 211 g/mol. The molecule has 15 heavy (non-hydrogen) atoms. The summed E-state index contributed by atoms with van der Waals surface area (Å²) >= 11 is 0. The van der Waals surface area contributed by atoms with E-state index in [9.17, 15) is 9.59 Å². The number of carboxylic acid groups (broad SMARTS) is 1. The topological polar surface area (TPSA) is 79.5 Å². The second-order valence-electron chi connectivity index (χ2n) is 3.46. The molecule has 1 aromatic heterocycles. The highest BCUT2D eigenvalue weighted by molar-refractivity contribution is 5.92. The largest absolute Gasteiger partial charge is 0.481 e. The Morgan fingerprint density at radius 3 is 2.73 bits per heavy atom. The molecule has 82 valence electrons. The van der Waals surface area contributed by atoms with Crippen molar-refractivity contribution < 1.29 is 19.1 Å². The fraction of sp³-hybridized carbons (Fsp3) is 0.400. The van der Waals surface area contributed by atoms with Crippen LogP contribution in [0.25, 0.3) is 0 Å². The van der Waals surface area contributed by atoms with Crippen LogP contribution < -0.4 is 5.32 Å². The number of furan rings is 1. The van der Waals surface area contributed by atoms with Crippen LogP contribution in [-0.2, 0) is 4.79 Å². The molecule has 1 heterocycles. The van der Waals surface area contributed by atoms with Gasteiger partial charge in [-0.1, -0.05) is 0 Å². The van der Waals surface area contributed by atoms with Crippen LogP contribution in [0, 0.1) is 6.92 Å². The maximum absolute atomic E-state index is 11.5. The molecule has 0 bridgehead atoms. The highest BCUT2D eigenvalue weighted by atomic mass is 16.4. The van der Waals surface area contributed by atoms with Crippen molar-refractivity contribution in [2.45, 2.75) is 26.3 Å². The van der Waals surface area contributed by atoms with Crippen molar-refractivity contribution in [2.24, 2.45) is 0 Å². The lowest BCUT2D eigenvalue weighted by atomic mass is 10.2. The Morgan fingerprint density at radius 1 is 1.60 bits per heavy atom. The minimum Gasteiger partial charge on any atom is -0.481 e. The van der Waals surface area contributed by atoms with Crippen molar-refractivity contribution >= 4 is 11.9 Å². The van der Waals surface area contributed by atoms with E-state index in [4.69, 9.17) is 9.52 Å². The normalized spacial score (nSPS) is 12.1. The number of hydrogen-bond acceptors (Lipinski definition) is 3. The van der Waals surface area contributed by atoms with E-state index >= 15 is 0 Å². The highest BCUT2D eigenvalue weighted by Gasteiger charge is 2.14. The zero-order valence-corrected chi connectivity index (χ0v) is 8.61. The van der Waals surface area contributed by atoms with E-state index in [-0.39, 0.29) is 12.2 Å². The molecule has 0 aliphatic carbocycles. The minimum absolute atomic E-state index is 0.106. The van der Waals surface area contributed by atoms with Gasteiger partial charge in [0, 0.05) is 6.04 Å². The van der Waals surface area contributed by atoms with Crippen molar-refractivity contribution in [3.8, 4) is 0 Å². The number of carboxylic acids is 1. The van der Waals surface area contributed by atoms with Gasteiger partial charge in [-0.15, -0.1) is 0 Å². The lowest BCUT2D eigenvalue weighted by Gasteiger charge is -2.09. The molecule has 0 saturated heterocycles. The Balaban J connectivity index is 2.52. The van der Waals surface area contributed by atoms with Gasteiger partial charge in [-0.05, 0) is 25.5 Å². The molecule has 5 heteroatoms. The summed E-state index contributed by atoms with van der Waals surface area (Å²) in [6.07, 6.45) is 1.36. The summed E-state index contributed by atoms with van der Waals surface area (Å²) in [4.78, 5) is 21.8. The van der Waals surface area contributed by atoms with Crippen LogP contribution in [0.5, 0.6) is 0 Å². The SMILES string of the molecule is Cc1coc(C(=O)NC(C)CC(=O)O)c1. The predicted octanol–water partition coefficient (Wildman–Crippen LogP) is 1.18. The van der Waals surface area contributed by atoms with E-state index in [1.807, 2.05) is 0 Å². The van der Waals surface area contributed by atoms with E-state index in [2.05, 4.69) is 5.32 Å². The maximum Gasteiger partial charge on any atom is 0.305 e. The molecule has 5 nitrogen and oxygen atoms in total. The van der Waals surface area contributed by atoms with E-state index in [1.165, 1.54) is 6.26 Å². The van der Waals surface area contributed by atoms with Crippen LogP contribution in [0.3, 0.4) is 0 Å². The first-order valence-corrected chi connectivity index (χ1v) is 4.57. The maximum atomic E-state index is 11.5. The van der Waals surface area contributed by atoms with Crippen molar-refractivity contribution in [3.05, 3.63) is 23.7 Å². The highest BCUT2D eigenvalue weighted by Crippen LogP contribution is 2.06. The van der Waals surface area contributed by atoms with Gasteiger partial charge in [-0.25, -0.2) is 0 Å². The average molecular weight is 211 g/mol. The number of hydrogen-bond donors (Lipinski definition) is 2. The summed E-state index contributed by atoms with van der Waals surface area (Å²) in [6.45, 7) is 3.43. The smallest absolute Gasteiger partial charge is 0.305 e. The third-order valence-electron chi connectivity index (χ3n) is 1.81. The van der Waals surface area contributed by atoms with Gasteiger partial charge in [0.2, 0.25) is 0 Å². The third kappa shape index (κ3) is 3.46. The van der Waals surface area contributed by atoms with Crippen molar-refractivity contribution in [3.63, 3.8) is 0 Å². The second-order valence-corrected chi connectivity index (χ2v) is 3.46. The lowest BCUT2D eigenvalue weighted by molar-refractivity contribution is -0.137. The zero-order valence-electron chi connectivity index (χ0n) is 8.61. The Kier molecular flexibility index (Phi) is 3.49. The van der Waals surface area contributed by atoms with E-state index < -0.39 is 17.9 Å². The predicted molar refractivity (Wildman–Crippen MR) is 52.6 cm³/mol. The van der Waals surface area contributed by atoms with E-state index in [0.29, 0.717) is 0 Å². The van der Waals surface area contributed by atoms with E-state index in [1.54, 1.807) is 19.9 Å². The Hall–Kier alpha value is -1.78. The molecule has 0 aromatic carbocycles. The molecule has 2 N–H and O–H groups in total. The Morgan fingerprint density at radius 2 is 2.27 bits per heavy atom.